The summed E-state index contributed by atoms with van der Waals surface area (Å²) in [6, 6.07) is 44.8. The monoisotopic (exact) mass is 646 g/mol. The van der Waals surface area contributed by atoms with Crippen molar-refractivity contribution in [1.82, 2.24) is 0 Å². The molecular weight excluding hydrogens is 603 g/mol. The molecule has 0 amide bonds. The SMILES string of the molecule is CCCCc1ccc(N2B3c4cccc5c4N(c4ccccc4C5(C)C)c4cc(C)cc(c43)-c3cc4c(cc32)C(C)(C)c2ccccc2-4)cc1. The summed E-state index contributed by atoms with van der Waals surface area (Å²) in [5.41, 5.74) is 22.8. The van der Waals surface area contributed by atoms with Crippen molar-refractivity contribution in [3.05, 3.63) is 149 Å². The zero-order chi connectivity index (χ0) is 34.1. The van der Waals surface area contributed by atoms with Crippen LogP contribution in [0.4, 0.5) is 28.4 Å². The summed E-state index contributed by atoms with van der Waals surface area (Å²) in [6.45, 7) is 14.2. The fourth-order valence-corrected chi connectivity index (χ4v) is 9.93. The van der Waals surface area contributed by atoms with Crippen LogP contribution < -0.4 is 20.6 Å². The highest BCUT2D eigenvalue weighted by atomic mass is 15.2. The summed E-state index contributed by atoms with van der Waals surface area (Å²) < 4.78 is 0. The van der Waals surface area contributed by atoms with E-state index in [9.17, 15) is 0 Å². The van der Waals surface area contributed by atoms with Gasteiger partial charge in [0.25, 0.3) is 0 Å². The Hall–Kier alpha value is -5.02. The van der Waals surface area contributed by atoms with Crippen molar-refractivity contribution >= 4 is 46.2 Å². The molecule has 244 valence electrons. The Balaban J connectivity index is 1.31. The van der Waals surface area contributed by atoms with E-state index in [1.54, 1.807) is 0 Å². The van der Waals surface area contributed by atoms with E-state index in [1.165, 1.54) is 108 Å². The van der Waals surface area contributed by atoms with Gasteiger partial charge in [-0.2, -0.15) is 0 Å². The Morgan fingerprint density at radius 3 is 2.10 bits per heavy atom. The fourth-order valence-electron chi connectivity index (χ4n) is 9.93. The second-order valence-electron chi connectivity index (χ2n) is 16.1. The molecule has 3 aliphatic heterocycles. The van der Waals surface area contributed by atoms with E-state index < -0.39 is 0 Å². The van der Waals surface area contributed by atoms with Gasteiger partial charge in [-0.25, -0.2) is 0 Å². The molecule has 3 heteroatoms. The summed E-state index contributed by atoms with van der Waals surface area (Å²) in [5.74, 6) is 0. The third kappa shape index (κ3) is 3.81. The first-order valence-corrected chi connectivity index (χ1v) is 18.5. The lowest BCUT2D eigenvalue weighted by molar-refractivity contribution is 0.632. The minimum Gasteiger partial charge on any atom is -0.376 e. The molecule has 0 atom stereocenters. The molecule has 0 fully saturated rings. The number of hydrogen-bond acceptors (Lipinski definition) is 2. The number of benzene rings is 6. The van der Waals surface area contributed by atoms with E-state index >= 15 is 0 Å². The van der Waals surface area contributed by atoms with E-state index in [0.29, 0.717) is 0 Å². The molecule has 2 nitrogen and oxygen atoms in total. The average molecular weight is 647 g/mol. The Kier molecular flexibility index (Phi) is 6.13. The van der Waals surface area contributed by atoms with Gasteiger partial charge in [-0.1, -0.05) is 120 Å². The molecule has 0 unspecified atom stereocenters. The standard InChI is InChI=1S/C47H43BN2/c1-7-8-14-30-21-23-31(24-22-30)50-42-28-39-33(32-15-9-10-16-36(32)46(39,3)4)27-34(42)35-25-29(2)26-43-44(35)48(50)40-19-13-18-38-45(40)49(43)41-20-12-11-17-37(41)47(38,5)6/h9-13,15-28H,7-8,14H2,1-6H3. The zero-order valence-corrected chi connectivity index (χ0v) is 30.1. The first kappa shape index (κ1) is 29.9. The first-order chi connectivity index (χ1) is 24.2. The molecule has 4 aliphatic rings. The number of aryl methyl sites for hydroxylation is 2. The predicted octanol–water partition coefficient (Wildman–Crippen LogP) is 11.0. The number of hydrogen-bond donors (Lipinski definition) is 0. The molecule has 3 heterocycles. The first-order valence-electron chi connectivity index (χ1n) is 18.5. The van der Waals surface area contributed by atoms with Crippen LogP contribution >= 0.6 is 0 Å². The molecule has 0 saturated heterocycles. The van der Waals surface area contributed by atoms with E-state index in [1.807, 2.05) is 0 Å². The Morgan fingerprint density at radius 1 is 0.580 bits per heavy atom. The van der Waals surface area contributed by atoms with Gasteiger partial charge in [0.2, 0.25) is 0 Å². The predicted molar refractivity (Wildman–Crippen MR) is 213 cm³/mol. The summed E-state index contributed by atoms with van der Waals surface area (Å²) in [7, 11) is 0. The molecule has 0 saturated carbocycles. The number of rotatable bonds is 4. The Labute approximate surface area is 297 Å². The largest absolute Gasteiger partial charge is 0.376 e. The highest BCUT2D eigenvalue weighted by Gasteiger charge is 2.50. The number of anilines is 5. The van der Waals surface area contributed by atoms with E-state index in [-0.39, 0.29) is 17.7 Å². The van der Waals surface area contributed by atoms with Gasteiger partial charge in [-0.3, -0.25) is 0 Å². The lowest BCUT2D eigenvalue weighted by Crippen LogP contribution is -2.62. The molecule has 1 aliphatic carbocycles. The maximum absolute atomic E-state index is 2.69. The molecule has 6 aromatic carbocycles. The quantitative estimate of drug-likeness (QED) is 0.176. The second kappa shape index (κ2) is 10.3. The Bertz CT molecular complexity index is 2400. The van der Waals surface area contributed by atoms with Gasteiger partial charge in [0, 0.05) is 39.1 Å². The molecule has 50 heavy (non-hydrogen) atoms. The van der Waals surface area contributed by atoms with Crippen LogP contribution in [0.25, 0.3) is 22.3 Å². The van der Waals surface area contributed by atoms with Crippen molar-refractivity contribution in [2.45, 2.75) is 71.6 Å². The van der Waals surface area contributed by atoms with Gasteiger partial charge in [-0.05, 0) is 117 Å². The van der Waals surface area contributed by atoms with Crippen LogP contribution in [0.3, 0.4) is 0 Å². The van der Waals surface area contributed by atoms with Crippen molar-refractivity contribution in [1.29, 1.82) is 0 Å². The molecule has 0 aromatic heterocycles. The van der Waals surface area contributed by atoms with Crippen LogP contribution in [0.15, 0.2) is 115 Å². The van der Waals surface area contributed by atoms with Crippen LogP contribution in [0.5, 0.6) is 0 Å². The number of para-hydroxylation sites is 2. The van der Waals surface area contributed by atoms with Crippen LogP contribution in [0.1, 0.15) is 80.8 Å². The van der Waals surface area contributed by atoms with Crippen molar-refractivity contribution in [3.8, 4) is 22.3 Å². The molecule has 0 N–H and O–H groups in total. The van der Waals surface area contributed by atoms with Gasteiger partial charge in [-0.15, -0.1) is 0 Å². The molecule has 10 rings (SSSR count). The molecular formula is C47H43BN2. The maximum Gasteiger partial charge on any atom is 0.333 e. The van der Waals surface area contributed by atoms with Gasteiger partial charge >= 0.3 is 6.85 Å². The van der Waals surface area contributed by atoms with Crippen LogP contribution in [-0.4, -0.2) is 6.85 Å². The normalized spacial score (nSPS) is 16.2. The highest BCUT2D eigenvalue weighted by Crippen LogP contribution is 2.57. The van der Waals surface area contributed by atoms with Crippen LogP contribution in [-0.2, 0) is 17.3 Å². The van der Waals surface area contributed by atoms with Crippen molar-refractivity contribution < 1.29 is 0 Å². The van der Waals surface area contributed by atoms with Gasteiger partial charge in [0.15, 0.2) is 0 Å². The zero-order valence-electron chi connectivity index (χ0n) is 30.1. The van der Waals surface area contributed by atoms with Crippen LogP contribution in [0, 0.1) is 6.92 Å². The number of nitrogens with zero attached hydrogens (tertiary/aromatic N) is 2. The smallest absolute Gasteiger partial charge is 0.333 e. The Morgan fingerprint density at radius 2 is 1.30 bits per heavy atom. The summed E-state index contributed by atoms with van der Waals surface area (Å²) in [6.07, 6.45) is 3.55. The molecule has 0 spiro atoms. The minimum absolute atomic E-state index is 0.0341. The maximum atomic E-state index is 2.69. The number of unbranched alkanes of at least 4 members (excludes halogenated alkanes) is 1. The summed E-state index contributed by atoms with van der Waals surface area (Å²) >= 11 is 0. The van der Waals surface area contributed by atoms with Crippen molar-refractivity contribution in [2.24, 2.45) is 0 Å². The highest BCUT2D eigenvalue weighted by molar-refractivity contribution is 6.93. The van der Waals surface area contributed by atoms with Crippen molar-refractivity contribution in [2.75, 3.05) is 9.71 Å². The van der Waals surface area contributed by atoms with E-state index in [4.69, 9.17) is 0 Å². The lowest BCUT2D eigenvalue weighted by Gasteiger charge is -2.50. The van der Waals surface area contributed by atoms with Gasteiger partial charge in [0.1, 0.15) is 0 Å². The third-order valence-electron chi connectivity index (χ3n) is 12.4. The number of fused-ring (bicyclic) bond motifs is 9. The fraction of sp³-hybridized carbons (Fsp3) is 0.234. The van der Waals surface area contributed by atoms with Crippen LogP contribution in [0.2, 0.25) is 0 Å². The van der Waals surface area contributed by atoms with Crippen molar-refractivity contribution in [3.63, 3.8) is 0 Å². The molecule has 6 aromatic rings. The topological polar surface area (TPSA) is 6.48 Å². The van der Waals surface area contributed by atoms with E-state index in [0.717, 1.165) is 6.42 Å². The molecule has 0 bridgehead atoms. The van der Waals surface area contributed by atoms with Gasteiger partial charge < -0.3 is 9.71 Å². The summed E-state index contributed by atoms with van der Waals surface area (Å²) in [4.78, 5) is 5.30. The summed E-state index contributed by atoms with van der Waals surface area (Å²) in [5, 5.41) is 0. The average Bonchev–Trinajstić information content (AvgIpc) is 3.35. The lowest BCUT2D eigenvalue weighted by atomic mass is 9.42. The second-order valence-corrected chi connectivity index (χ2v) is 16.1. The minimum atomic E-state index is -0.127. The molecule has 0 radical (unpaired) electrons. The van der Waals surface area contributed by atoms with E-state index in [2.05, 4.69) is 167 Å². The van der Waals surface area contributed by atoms with Gasteiger partial charge in [0.05, 0.1) is 5.69 Å². The third-order valence-corrected chi connectivity index (χ3v) is 12.4.